The van der Waals surface area contributed by atoms with E-state index in [1.807, 2.05) is 0 Å². The zero-order chi connectivity index (χ0) is 14.3. The predicted molar refractivity (Wildman–Crippen MR) is 77.7 cm³/mol. The van der Waals surface area contributed by atoms with Gasteiger partial charge in [0.1, 0.15) is 5.82 Å². The normalized spacial score (nSPS) is 12.9. The van der Waals surface area contributed by atoms with Crippen LogP contribution in [0.3, 0.4) is 0 Å². The second-order valence-corrected chi connectivity index (χ2v) is 5.26. The molecule has 0 bridgehead atoms. The highest BCUT2D eigenvalue weighted by atomic mass is 79.9. The molecule has 108 valence electrons. The fourth-order valence-electron chi connectivity index (χ4n) is 1.96. The Morgan fingerprint density at radius 2 is 2.00 bits per heavy atom. The number of rotatable bonds is 8. The molecule has 0 saturated heterocycles. The van der Waals surface area contributed by atoms with Crippen molar-refractivity contribution in [2.24, 2.45) is 0 Å². The Hall–Kier alpha value is -0.490. The minimum Gasteiger partial charge on any atom is -0.354 e. The van der Waals surface area contributed by atoms with Crippen molar-refractivity contribution in [1.82, 2.24) is 5.32 Å². The molecule has 1 atom stereocenters. The van der Waals surface area contributed by atoms with Gasteiger partial charge >= 0.3 is 0 Å². The van der Waals surface area contributed by atoms with Crippen molar-refractivity contribution in [1.29, 1.82) is 0 Å². The molecule has 1 aromatic rings. The minimum atomic E-state index is -0.398. The van der Waals surface area contributed by atoms with E-state index in [1.165, 1.54) is 6.07 Å². The van der Waals surface area contributed by atoms with E-state index in [9.17, 15) is 4.39 Å². The van der Waals surface area contributed by atoms with Crippen LogP contribution in [0, 0.1) is 5.82 Å². The van der Waals surface area contributed by atoms with Gasteiger partial charge in [0.25, 0.3) is 0 Å². The third-order valence-corrected chi connectivity index (χ3v) is 3.39. The summed E-state index contributed by atoms with van der Waals surface area (Å²) < 4.78 is 25.2. The molecule has 1 aromatic carbocycles. The lowest BCUT2D eigenvalue weighted by Crippen LogP contribution is -2.44. The summed E-state index contributed by atoms with van der Waals surface area (Å²) in [6.45, 7) is 2.92. The Bertz CT molecular complexity index is 386. The molecular formula is C14H21BrFNO2. The zero-order valence-electron chi connectivity index (χ0n) is 11.6. The molecule has 5 heteroatoms. The summed E-state index contributed by atoms with van der Waals surface area (Å²) in [4.78, 5) is 0. The summed E-state index contributed by atoms with van der Waals surface area (Å²) in [5.41, 5.74) is 0.641. The molecule has 1 N–H and O–H groups in total. The third kappa shape index (κ3) is 5.18. The van der Waals surface area contributed by atoms with Crippen LogP contribution in [0.5, 0.6) is 0 Å². The van der Waals surface area contributed by atoms with E-state index in [1.54, 1.807) is 26.4 Å². The molecular weight excluding hydrogens is 313 g/mol. The van der Waals surface area contributed by atoms with Crippen LogP contribution in [0.2, 0.25) is 0 Å². The van der Waals surface area contributed by atoms with Crippen LogP contribution in [-0.4, -0.2) is 33.1 Å². The molecule has 19 heavy (non-hydrogen) atoms. The second-order valence-electron chi connectivity index (χ2n) is 4.34. The van der Waals surface area contributed by atoms with Crippen LogP contribution in [0.4, 0.5) is 4.39 Å². The number of hydrogen-bond donors (Lipinski definition) is 1. The van der Waals surface area contributed by atoms with E-state index in [2.05, 4.69) is 28.2 Å². The van der Waals surface area contributed by atoms with Crippen LogP contribution >= 0.6 is 15.9 Å². The van der Waals surface area contributed by atoms with Gasteiger partial charge in [-0.2, -0.15) is 0 Å². The van der Waals surface area contributed by atoms with Gasteiger partial charge in [-0.3, -0.25) is 0 Å². The number of hydrogen-bond acceptors (Lipinski definition) is 3. The average Bonchev–Trinajstić information content (AvgIpc) is 2.41. The molecule has 3 nitrogen and oxygen atoms in total. The van der Waals surface area contributed by atoms with Gasteiger partial charge in [-0.25, -0.2) is 4.39 Å². The summed E-state index contributed by atoms with van der Waals surface area (Å²) in [6, 6.07) is 4.86. The van der Waals surface area contributed by atoms with E-state index in [0.717, 1.165) is 17.4 Å². The quantitative estimate of drug-likeness (QED) is 0.741. The molecule has 0 heterocycles. The molecule has 0 aliphatic heterocycles. The highest BCUT2D eigenvalue weighted by molar-refractivity contribution is 9.10. The van der Waals surface area contributed by atoms with E-state index < -0.39 is 6.29 Å². The lowest BCUT2D eigenvalue weighted by molar-refractivity contribution is -0.122. The van der Waals surface area contributed by atoms with Crippen molar-refractivity contribution in [3.8, 4) is 0 Å². The van der Waals surface area contributed by atoms with Crippen molar-refractivity contribution in [3.63, 3.8) is 0 Å². The van der Waals surface area contributed by atoms with Crippen LogP contribution < -0.4 is 5.32 Å². The fraction of sp³-hybridized carbons (Fsp3) is 0.571. The molecule has 0 aliphatic carbocycles. The molecule has 1 rings (SSSR count). The van der Waals surface area contributed by atoms with E-state index >= 15 is 0 Å². The van der Waals surface area contributed by atoms with E-state index in [0.29, 0.717) is 12.0 Å². The first-order valence-electron chi connectivity index (χ1n) is 6.35. The number of nitrogens with one attached hydrogen (secondary N) is 1. The first-order valence-corrected chi connectivity index (χ1v) is 7.14. The maximum Gasteiger partial charge on any atom is 0.172 e. The number of halogens is 2. The lowest BCUT2D eigenvalue weighted by atomic mass is 10.0. The minimum absolute atomic E-state index is 0.0845. The van der Waals surface area contributed by atoms with Gasteiger partial charge in [0.2, 0.25) is 0 Å². The average molecular weight is 334 g/mol. The molecule has 0 fully saturated rings. The van der Waals surface area contributed by atoms with Crippen LogP contribution in [0.1, 0.15) is 18.9 Å². The van der Waals surface area contributed by atoms with Crippen molar-refractivity contribution >= 4 is 15.9 Å². The predicted octanol–water partition coefficient (Wildman–Crippen LogP) is 3.12. The number of methoxy groups -OCH3 is 2. The Morgan fingerprint density at radius 3 is 2.58 bits per heavy atom. The monoisotopic (exact) mass is 333 g/mol. The standard InChI is InChI=1S/C14H21BrFNO2/c1-4-7-17-13(14(18-2)19-3)9-10-8-11(15)5-6-12(10)16/h5-6,8,13-14,17H,4,7,9H2,1-3H3. The number of benzene rings is 1. The highest BCUT2D eigenvalue weighted by Crippen LogP contribution is 2.18. The Morgan fingerprint density at radius 1 is 1.32 bits per heavy atom. The molecule has 0 spiro atoms. The third-order valence-electron chi connectivity index (χ3n) is 2.90. The van der Waals surface area contributed by atoms with E-state index in [4.69, 9.17) is 9.47 Å². The zero-order valence-corrected chi connectivity index (χ0v) is 13.2. The Balaban J connectivity index is 2.83. The van der Waals surface area contributed by atoms with E-state index in [-0.39, 0.29) is 11.9 Å². The summed E-state index contributed by atoms with van der Waals surface area (Å²) in [6.07, 6.45) is 1.11. The molecule has 0 amide bonds. The maximum absolute atomic E-state index is 13.8. The summed E-state index contributed by atoms with van der Waals surface area (Å²) >= 11 is 3.36. The van der Waals surface area contributed by atoms with Crippen LogP contribution in [-0.2, 0) is 15.9 Å². The number of ether oxygens (including phenoxy) is 2. The van der Waals surface area contributed by atoms with Crippen LogP contribution in [0.15, 0.2) is 22.7 Å². The topological polar surface area (TPSA) is 30.5 Å². The first-order chi connectivity index (χ1) is 9.12. The van der Waals surface area contributed by atoms with Gasteiger partial charge in [-0.05, 0) is 43.1 Å². The molecule has 0 aromatic heterocycles. The van der Waals surface area contributed by atoms with Crippen LogP contribution in [0.25, 0.3) is 0 Å². The lowest BCUT2D eigenvalue weighted by Gasteiger charge is -2.26. The molecule has 0 radical (unpaired) electrons. The summed E-state index contributed by atoms with van der Waals surface area (Å²) in [7, 11) is 3.18. The van der Waals surface area contributed by atoms with Gasteiger partial charge in [-0.1, -0.05) is 22.9 Å². The smallest absolute Gasteiger partial charge is 0.172 e. The van der Waals surface area contributed by atoms with Crippen molar-refractivity contribution in [2.45, 2.75) is 32.1 Å². The van der Waals surface area contributed by atoms with Crippen molar-refractivity contribution in [2.75, 3.05) is 20.8 Å². The van der Waals surface area contributed by atoms with Gasteiger partial charge < -0.3 is 14.8 Å². The van der Waals surface area contributed by atoms with Crippen molar-refractivity contribution < 1.29 is 13.9 Å². The Labute approximate surface area is 122 Å². The van der Waals surface area contributed by atoms with Gasteiger partial charge in [-0.15, -0.1) is 0 Å². The molecule has 0 aliphatic rings. The fourth-order valence-corrected chi connectivity index (χ4v) is 2.36. The largest absolute Gasteiger partial charge is 0.354 e. The second kappa shape index (κ2) is 8.64. The molecule has 1 unspecified atom stereocenters. The van der Waals surface area contributed by atoms with Gasteiger partial charge in [0.05, 0.1) is 6.04 Å². The van der Waals surface area contributed by atoms with Gasteiger partial charge in [0.15, 0.2) is 6.29 Å². The molecule has 0 saturated carbocycles. The van der Waals surface area contributed by atoms with Crippen molar-refractivity contribution in [3.05, 3.63) is 34.1 Å². The highest BCUT2D eigenvalue weighted by Gasteiger charge is 2.22. The SMILES string of the molecule is CCCNC(Cc1cc(Br)ccc1F)C(OC)OC. The Kier molecular flexibility index (Phi) is 7.53. The summed E-state index contributed by atoms with van der Waals surface area (Å²) in [5.74, 6) is -0.211. The van der Waals surface area contributed by atoms with Gasteiger partial charge in [0, 0.05) is 18.7 Å². The maximum atomic E-state index is 13.8. The summed E-state index contributed by atoms with van der Waals surface area (Å²) in [5, 5.41) is 3.33. The first kappa shape index (κ1) is 16.6.